The Morgan fingerprint density at radius 1 is 0.833 bits per heavy atom. The fourth-order valence-electron chi connectivity index (χ4n) is 5.78. The van der Waals surface area contributed by atoms with Crippen molar-refractivity contribution in [3.8, 4) is 0 Å². The van der Waals surface area contributed by atoms with Crippen LogP contribution in [-0.4, -0.2) is 27.5 Å². The highest BCUT2D eigenvalue weighted by Gasteiger charge is 2.56. The van der Waals surface area contributed by atoms with Crippen LogP contribution in [0, 0.1) is 5.92 Å². The molecule has 2 aliphatic rings. The second-order valence-electron chi connectivity index (χ2n) is 10.1. The summed E-state index contributed by atoms with van der Waals surface area (Å²) in [5, 5.41) is 4.67. The third kappa shape index (κ3) is 4.50. The van der Waals surface area contributed by atoms with Gasteiger partial charge >= 0.3 is 4.87 Å². The Bertz CT molecular complexity index is 1930. The van der Waals surface area contributed by atoms with Crippen molar-refractivity contribution in [2.24, 2.45) is 5.92 Å². The van der Waals surface area contributed by atoms with Crippen molar-refractivity contribution in [3.63, 3.8) is 0 Å². The lowest BCUT2D eigenvalue weighted by Gasteiger charge is -2.30. The van der Waals surface area contributed by atoms with Crippen LogP contribution in [0.15, 0.2) is 111 Å². The third-order valence-corrected chi connectivity index (χ3v) is 10.8. The van der Waals surface area contributed by atoms with Crippen molar-refractivity contribution in [3.05, 3.63) is 122 Å². The van der Waals surface area contributed by atoms with Crippen LogP contribution in [0.5, 0.6) is 0 Å². The maximum atomic E-state index is 13.9. The van der Waals surface area contributed by atoms with E-state index in [-0.39, 0.29) is 29.1 Å². The van der Waals surface area contributed by atoms with Gasteiger partial charge < -0.3 is 5.32 Å². The molecule has 42 heavy (non-hydrogen) atoms. The minimum atomic E-state index is -0.736. The van der Waals surface area contributed by atoms with Gasteiger partial charge in [0.2, 0.25) is 17.7 Å². The smallest absolute Gasteiger partial charge is 0.308 e. The zero-order valence-corrected chi connectivity index (χ0v) is 25.1. The summed E-state index contributed by atoms with van der Waals surface area (Å²) >= 11 is 5.72. The molecular weight excluding hydrogens is 634 g/mol. The van der Waals surface area contributed by atoms with Crippen LogP contribution in [0.1, 0.15) is 16.4 Å². The molecule has 1 saturated heterocycles. The molecular formula is C32H22BrN3O4S2. The van der Waals surface area contributed by atoms with E-state index in [9.17, 15) is 19.2 Å². The van der Waals surface area contributed by atoms with Crippen molar-refractivity contribution in [1.82, 2.24) is 4.57 Å². The Hall–Kier alpha value is -3.99. The molecule has 5 aromatic rings. The van der Waals surface area contributed by atoms with Gasteiger partial charge in [0.05, 0.1) is 16.6 Å². The molecule has 1 fully saturated rings. The van der Waals surface area contributed by atoms with Crippen LogP contribution in [0.4, 0.5) is 11.4 Å². The van der Waals surface area contributed by atoms with Crippen molar-refractivity contribution in [1.29, 1.82) is 0 Å². The van der Waals surface area contributed by atoms with Crippen molar-refractivity contribution in [2.75, 3.05) is 10.2 Å². The standard InChI is InChI=1S/C32H22BrN3O4S2/c33-20-15-13-19(14-16-20)25-26-27(30(39)36(29(26)38)21-9-2-1-3-10-21)41-31-28(25)42-32(40)35(31)17-24(37)34-23-12-6-8-18-7-4-5-11-22(18)23/h1-16,25-27H,17H2,(H,34,37)/t25-,26-,27+/m0/s1. The summed E-state index contributed by atoms with van der Waals surface area (Å²) in [5.74, 6) is -2.16. The van der Waals surface area contributed by atoms with Crippen molar-refractivity contribution < 1.29 is 14.4 Å². The molecule has 1 aromatic heterocycles. The predicted molar refractivity (Wildman–Crippen MR) is 169 cm³/mol. The Morgan fingerprint density at radius 3 is 2.33 bits per heavy atom. The molecule has 0 bridgehead atoms. The lowest BCUT2D eigenvalue weighted by atomic mass is 9.83. The molecule has 0 unspecified atom stereocenters. The number of para-hydroxylation sites is 1. The fraction of sp³-hybridized carbons (Fsp3) is 0.125. The van der Waals surface area contributed by atoms with E-state index in [4.69, 9.17) is 0 Å². The molecule has 3 amide bonds. The molecule has 208 valence electrons. The van der Waals surface area contributed by atoms with Crippen molar-refractivity contribution in [2.45, 2.75) is 22.7 Å². The van der Waals surface area contributed by atoms with E-state index in [1.54, 1.807) is 24.3 Å². The van der Waals surface area contributed by atoms with Gasteiger partial charge in [0.15, 0.2) is 0 Å². The average Bonchev–Trinajstić information content (AvgIpc) is 3.44. The van der Waals surface area contributed by atoms with Gasteiger partial charge in [-0.2, -0.15) is 0 Å². The topological polar surface area (TPSA) is 88.5 Å². The van der Waals surface area contributed by atoms with Gasteiger partial charge in [0.25, 0.3) is 0 Å². The molecule has 3 heterocycles. The van der Waals surface area contributed by atoms with Crippen LogP contribution in [0.2, 0.25) is 0 Å². The first-order chi connectivity index (χ1) is 20.4. The molecule has 0 saturated carbocycles. The summed E-state index contributed by atoms with van der Waals surface area (Å²) in [6.45, 7) is -0.212. The molecule has 0 spiro atoms. The van der Waals surface area contributed by atoms with Gasteiger partial charge in [0, 0.05) is 26.3 Å². The van der Waals surface area contributed by atoms with Crippen LogP contribution in [-0.2, 0) is 20.9 Å². The number of rotatable bonds is 5. The van der Waals surface area contributed by atoms with Gasteiger partial charge in [-0.1, -0.05) is 106 Å². The highest BCUT2D eigenvalue weighted by atomic mass is 79.9. The highest BCUT2D eigenvalue weighted by molar-refractivity contribution is 9.10. The van der Waals surface area contributed by atoms with Crippen LogP contribution in [0.25, 0.3) is 10.8 Å². The summed E-state index contributed by atoms with van der Waals surface area (Å²) in [4.78, 5) is 56.1. The SMILES string of the molecule is O=C(Cn1c2c(sc1=O)[C@@H](c1ccc(Br)cc1)[C@@H]1C(=O)N(c3ccccc3)C(=O)[C@@H]1S2)Nc1cccc2ccccc12. The van der Waals surface area contributed by atoms with Crippen LogP contribution < -0.4 is 15.1 Å². The Labute approximate surface area is 257 Å². The summed E-state index contributed by atoms with van der Waals surface area (Å²) in [6, 6.07) is 29.9. The number of benzene rings is 4. The molecule has 7 rings (SSSR count). The molecule has 2 aliphatic heterocycles. The summed E-state index contributed by atoms with van der Waals surface area (Å²) in [6.07, 6.45) is 0. The van der Waals surface area contributed by atoms with E-state index >= 15 is 0 Å². The number of nitrogens with zero attached hydrogens (tertiary/aromatic N) is 2. The maximum absolute atomic E-state index is 13.9. The number of anilines is 2. The molecule has 0 radical (unpaired) electrons. The number of thiazole rings is 1. The first kappa shape index (κ1) is 26.9. The number of fused-ring (bicyclic) bond motifs is 3. The Kier molecular flexibility index (Phi) is 6.84. The lowest BCUT2D eigenvalue weighted by molar-refractivity contribution is -0.122. The number of hydrogen-bond acceptors (Lipinski definition) is 6. The van der Waals surface area contributed by atoms with Gasteiger partial charge in [-0.05, 0) is 41.3 Å². The van der Waals surface area contributed by atoms with Gasteiger partial charge in [0.1, 0.15) is 11.8 Å². The van der Waals surface area contributed by atoms with Gasteiger partial charge in [-0.25, -0.2) is 4.90 Å². The molecule has 4 aromatic carbocycles. The number of nitrogens with one attached hydrogen (secondary N) is 1. The monoisotopic (exact) mass is 655 g/mol. The molecule has 10 heteroatoms. The highest BCUT2D eigenvalue weighted by Crippen LogP contribution is 2.54. The number of imide groups is 1. The summed E-state index contributed by atoms with van der Waals surface area (Å²) in [7, 11) is 0. The van der Waals surface area contributed by atoms with E-state index in [1.807, 2.05) is 72.8 Å². The summed E-state index contributed by atoms with van der Waals surface area (Å²) in [5.41, 5.74) is 2.01. The molecule has 1 N–H and O–H groups in total. The average molecular weight is 657 g/mol. The maximum Gasteiger partial charge on any atom is 0.308 e. The number of hydrogen-bond donors (Lipinski definition) is 1. The number of aromatic nitrogens is 1. The van der Waals surface area contributed by atoms with Gasteiger partial charge in [-0.3, -0.25) is 23.7 Å². The number of carbonyl (C=O) groups is 3. The zero-order valence-electron chi connectivity index (χ0n) is 21.9. The normalized spacial score (nSPS) is 19.5. The van der Waals surface area contributed by atoms with Crippen LogP contribution >= 0.6 is 39.0 Å². The Morgan fingerprint density at radius 2 is 1.55 bits per heavy atom. The number of halogens is 1. The largest absolute Gasteiger partial charge is 0.324 e. The minimum Gasteiger partial charge on any atom is -0.324 e. The fourth-order valence-corrected chi connectivity index (χ4v) is 8.82. The predicted octanol–water partition coefficient (Wildman–Crippen LogP) is 6.26. The quantitative estimate of drug-likeness (QED) is 0.226. The third-order valence-electron chi connectivity index (χ3n) is 7.66. The van der Waals surface area contributed by atoms with Crippen molar-refractivity contribution >= 4 is 78.9 Å². The minimum absolute atomic E-state index is 0.212. The number of thioether (sulfide) groups is 1. The zero-order chi connectivity index (χ0) is 29.0. The number of carbonyl (C=O) groups excluding carboxylic acids is 3. The first-order valence-electron chi connectivity index (χ1n) is 13.3. The van der Waals surface area contributed by atoms with Crippen LogP contribution in [0.3, 0.4) is 0 Å². The molecule has 0 aliphatic carbocycles. The second kappa shape index (κ2) is 10.7. The summed E-state index contributed by atoms with van der Waals surface area (Å²) < 4.78 is 2.32. The number of amides is 3. The Balaban J connectivity index is 1.28. The van der Waals surface area contributed by atoms with E-state index in [1.165, 1.54) is 21.2 Å². The molecule has 3 atom stereocenters. The lowest BCUT2D eigenvalue weighted by Crippen LogP contribution is -2.33. The second-order valence-corrected chi connectivity index (χ2v) is 13.2. The van der Waals surface area contributed by atoms with E-state index in [0.717, 1.165) is 32.1 Å². The van der Waals surface area contributed by atoms with E-state index in [0.29, 0.717) is 21.3 Å². The first-order valence-corrected chi connectivity index (χ1v) is 15.8. The molecule has 7 nitrogen and oxygen atoms in total. The van der Waals surface area contributed by atoms with E-state index in [2.05, 4.69) is 21.2 Å². The van der Waals surface area contributed by atoms with Gasteiger partial charge in [-0.15, -0.1) is 0 Å². The van der Waals surface area contributed by atoms with E-state index < -0.39 is 17.1 Å².